The van der Waals surface area contributed by atoms with Crippen LogP contribution in [0.3, 0.4) is 0 Å². The first kappa shape index (κ1) is 23.9. The summed E-state index contributed by atoms with van der Waals surface area (Å²) in [6.45, 7) is 3.58. The van der Waals surface area contributed by atoms with Gasteiger partial charge in [-0.1, -0.05) is 60.7 Å². The van der Waals surface area contributed by atoms with Gasteiger partial charge in [-0.3, -0.25) is 4.79 Å². The van der Waals surface area contributed by atoms with Gasteiger partial charge in [0, 0.05) is 25.3 Å². The summed E-state index contributed by atoms with van der Waals surface area (Å²) >= 11 is 0. The van der Waals surface area contributed by atoms with Crippen LogP contribution < -0.4 is 0 Å². The smallest absolute Gasteiger partial charge is 0.355 e. The van der Waals surface area contributed by atoms with Crippen LogP contribution in [0.15, 0.2) is 60.7 Å². The number of carbonyl (C=O) groups excluding carboxylic acids is 3. The van der Waals surface area contributed by atoms with Crippen molar-refractivity contribution in [2.24, 2.45) is 7.05 Å². The van der Waals surface area contributed by atoms with Gasteiger partial charge in [-0.15, -0.1) is 0 Å². The topological polar surface area (TPSA) is 83.8 Å². The zero-order valence-electron chi connectivity index (χ0n) is 19.2. The number of ketones is 1. The fraction of sp³-hybridized carbons (Fsp3) is 0.269. The van der Waals surface area contributed by atoms with E-state index in [4.69, 9.17) is 14.2 Å². The predicted molar refractivity (Wildman–Crippen MR) is 123 cm³/mol. The number of Topliss-reactive ketones (excluding diaryl/α,β-unsaturated/α-hetero) is 1. The Morgan fingerprint density at radius 3 is 1.94 bits per heavy atom. The minimum absolute atomic E-state index is 0.00654. The third-order valence-electron chi connectivity index (χ3n) is 5.22. The van der Waals surface area contributed by atoms with Crippen molar-refractivity contribution in [2.75, 3.05) is 20.3 Å². The van der Waals surface area contributed by atoms with Crippen molar-refractivity contribution in [3.8, 4) is 11.3 Å². The molecule has 0 saturated carbocycles. The van der Waals surface area contributed by atoms with Gasteiger partial charge in [-0.05, 0) is 19.4 Å². The summed E-state index contributed by atoms with van der Waals surface area (Å²) in [6.07, 6.45) is -1.16. The number of ether oxygens (including phenoxy) is 3. The Balaban J connectivity index is 2.37. The Morgan fingerprint density at radius 2 is 1.39 bits per heavy atom. The summed E-state index contributed by atoms with van der Waals surface area (Å²) in [4.78, 5) is 39.6. The van der Waals surface area contributed by atoms with Crippen molar-refractivity contribution in [2.45, 2.75) is 20.0 Å². The molecule has 3 aromatic rings. The summed E-state index contributed by atoms with van der Waals surface area (Å²) in [6, 6.07) is 17.9. The van der Waals surface area contributed by atoms with Crippen LogP contribution in [-0.4, -0.2) is 42.6 Å². The second kappa shape index (κ2) is 10.7. The van der Waals surface area contributed by atoms with Crippen molar-refractivity contribution < 1.29 is 28.6 Å². The highest BCUT2D eigenvalue weighted by Crippen LogP contribution is 2.39. The van der Waals surface area contributed by atoms with E-state index in [0.717, 1.165) is 0 Å². The molecule has 1 aromatic heterocycles. The molecule has 1 atom stereocenters. The van der Waals surface area contributed by atoms with Gasteiger partial charge in [0.15, 0.2) is 5.78 Å². The Morgan fingerprint density at radius 1 is 0.848 bits per heavy atom. The predicted octanol–water partition coefficient (Wildman–Crippen LogP) is 4.62. The average Bonchev–Trinajstić information content (AvgIpc) is 3.13. The maximum Gasteiger partial charge on any atom is 0.355 e. The first-order chi connectivity index (χ1) is 16.0. The average molecular weight is 450 g/mol. The van der Waals surface area contributed by atoms with E-state index >= 15 is 0 Å². The van der Waals surface area contributed by atoms with Crippen LogP contribution in [0.4, 0.5) is 0 Å². The van der Waals surface area contributed by atoms with Crippen molar-refractivity contribution in [1.82, 2.24) is 4.57 Å². The number of hydrogen-bond donors (Lipinski definition) is 0. The first-order valence-electron chi connectivity index (χ1n) is 10.7. The Kier molecular flexibility index (Phi) is 7.79. The molecule has 0 bridgehead atoms. The summed E-state index contributed by atoms with van der Waals surface area (Å²) < 4.78 is 17.8. The van der Waals surface area contributed by atoms with E-state index in [1.807, 2.05) is 30.3 Å². The Bertz CT molecular complexity index is 1130. The number of hydrogen-bond acceptors (Lipinski definition) is 6. The molecule has 7 nitrogen and oxygen atoms in total. The molecule has 172 valence electrons. The van der Waals surface area contributed by atoms with Gasteiger partial charge in [0.2, 0.25) is 0 Å². The summed E-state index contributed by atoms with van der Waals surface area (Å²) in [5.74, 6) is -1.76. The van der Waals surface area contributed by atoms with Crippen LogP contribution in [-0.2, 0) is 21.3 Å². The van der Waals surface area contributed by atoms with E-state index in [9.17, 15) is 14.4 Å². The van der Waals surface area contributed by atoms with E-state index in [-0.39, 0.29) is 35.8 Å². The number of methoxy groups -OCH3 is 1. The van der Waals surface area contributed by atoms with Gasteiger partial charge in [0.05, 0.1) is 24.5 Å². The molecule has 0 aliphatic rings. The zero-order chi connectivity index (χ0) is 24.0. The molecule has 1 heterocycles. The van der Waals surface area contributed by atoms with Crippen LogP contribution in [0.1, 0.15) is 56.7 Å². The van der Waals surface area contributed by atoms with E-state index in [2.05, 4.69) is 0 Å². The molecule has 3 rings (SSSR count). The lowest BCUT2D eigenvalue weighted by Crippen LogP contribution is -2.20. The van der Waals surface area contributed by atoms with E-state index < -0.39 is 18.0 Å². The number of nitrogens with zero attached hydrogens (tertiary/aromatic N) is 1. The third kappa shape index (κ3) is 4.73. The quantitative estimate of drug-likeness (QED) is 0.350. The van der Waals surface area contributed by atoms with Crippen LogP contribution >= 0.6 is 0 Å². The number of rotatable bonds is 9. The van der Waals surface area contributed by atoms with Crippen LogP contribution in [0.25, 0.3) is 11.3 Å². The minimum Gasteiger partial charge on any atom is -0.462 e. The Labute approximate surface area is 192 Å². The first-order valence-corrected chi connectivity index (χ1v) is 10.7. The van der Waals surface area contributed by atoms with Gasteiger partial charge in [-0.2, -0.15) is 0 Å². The van der Waals surface area contributed by atoms with E-state index in [1.165, 1.54) is 7.11 Å². The highest BCUT2D eigenvalue weighted by atomic mass is 16.5. The molecular weight excluding hydrogens is 422 g/mol. The lowest BCUT2D eigenvalue weighted by molar-refractivity contribution is 0.0460. The van der Waals surface area contributed by atoms with Gasteiger partial charge in [-0.25, -0.2) is 9.59 Å². The summed E-state index contributed by atoms with van der Waals surface area (Å²) in [7, 11) is 3.05. The lowest BCUT2D eigenvalue weighted by Gasteiger charge is -2.18. The van der Waals surface area contributed by atoms with Gasteiger partial charge >= 0.3 is 11.9 Å². The second-order valence-electron chi connectivity index (χ2n) is 7.20. The molecule has 1 unspecified atom stereocenters. The number of aromatic nitrogens is 1. The fourth-order valence-corrected chi connectivity index (χ4v) is 3.86. The van der Waals surface area contributed by atoms with Crippen molar-refractivity contribution in [3.63, 3.8) is 0 Å². The molecule has 0 aliphatic carbocycles. The highest BCUT2D eigenvalue weighted by molar-refractivity contribution is 6.09. The largest absolute Gasteiger partial charge is 0.462 e. The minimum atomic E-state index is -1.16. The number of carbonyl (C=O) groups is 3. The van der Waals surface area contributed by atoms with Crippen molar-refractivity contribution >= 4 is 17.7 Å². The van der Waals surface area contributed by atoms with Gasteiger partial charge < -0.3 is 18.8 Å². The van der Waals surface area contributed by atoms with Crippen LogP contribution in [0, 0.1) is 0 Å². The highest BCUT2D eigenvalue weighted by Gasteiger charge is 2.38. The number of benzene rings is 2. The van der Waals surface area contributed by atoms with Crippen LogP contribution in [0.5, 0.6) is 0 Å². The lowest BCUT2D eigenvalue weighted by atomic mass is 9.93. The molecule has 0 aliphatic heterocycles. The molecule has 33 heavy (non-hydrogen) atoms. The zero-order valence-corrected chi connectivity index (χ0v) is 19.2. The fourth-order valence-electron chi connectivity index (χ4n) is 3.86. The van der Waals surface area contributed by atoms with Gasteiger partial charge in [0.1, 0.15) is 11.8 Å². The van der Waals surface area contributed by atoms with Crippen molar-refractivity contribution in [1.29, 1.82) is 0 Å². The third-order valence-corrected chi connectivity index (χ3v) is 5.22. The summed E-state index contributed by atoms with van der Waals surface area (Å²) in [5, 5.41) is 0. The Hall–Kier alpha value is -3.71. The van der Waals surface area contributed by atoms with Crippen LogP contribution in [0.2, 0.25) is 0 Å². The molecule has 7 heteroatoms. The molecule has 0 saturated heterocycles. The monoisotopic (exact) mass is 449 g/mol. The molecule has 0 amide bonds. The SMILES string of the molecule is CCOC(=O)c1c(C(OC)C(=O)c2ccccc2)c(-c2ccccc2)n(C)c1C(=O)OCC. The molecule has 0 fully saturated rings. The number of esters is 2. The standard InChI is InChI=1S/C26H27NO6/c1-5-32-25(29)20-19(24(31-4)23(28)18-15-11-8-12-16-18)21(17-13-9-7-10-14-17)27(3)22(20)26(30)33-6-2/h7-16,24H,5-6H2,1-4H3. The molecule has 0 N–H and O–H groups in total. The van der Waals surface area contributed by atoms with Gasteiger partial charge in [0.25, 0.3) is 0 Å². The molecule has 0 radical (unpaired) electrons. The van der Waals surface area contributed by atoms with Crippen molar-refractivity contribution in [3.05, 3.63) is 83.0 Å². The van der Waals surface area contributed by atoms with E-state index in [0.29, 0.717) is 16.8 Å². The maximum absolute atomic E-state index is 13.5. The molecular formula is C26H27NO6. The summed E-state index contributed by atoms with van der Waals surface area (Å²) in [5.41, 5.74) is 1.86. The normalized spacial score (nSPS) is 11.6. The maximum atomic E-state index is 13.5. The molecule has 2 aromatic carbocycles. The van der Waals surface area contributed by atoms with E-state index in [1.54, 1.807) is 55.8 Å². The molecule has 0 spiro atoms. The second-order valence-corrected chi connectivity index (χ2v) is 7.20.